The molecule has 0 spiro atoms. The molecule has 27 heavy (non-hydrogen) atoms. The van der Waals surface area contributed by atoms with E-state index in [0.717, 1.165) is 41.9 Å². The van der Waals surface area contributed by atoms with E-state index in [1.165, 1.54) is 31.0 Å². The van der Waals surface area contributed by atoms with Gasteiger partial charge in [0.2, 0.25) is 11.1 Å². The Morgan fingerprint density at radius 3 is 2.78 bits per heavy atom. The number of carbonyl (C=O) groups is 1. The topological polar surface area (TPSA) is 85.8 Å². The first-order valence-corrected chi connectivity index (χ1v) is 10.7. The molecule has 0 saturated heterocycles. The van der Waals surface area contributed by atoms with Crippen LogP contribution in [0.15, 0.2) is 23.4 Å². The lowest BCUT2D eigenvalue weighted by atomic mass is 9.89. The zero-order chi connectivity index (χ0) is 19.4. The summed E-state index contributed by atoms with van der Waals surface area (Å²) in [7, 11) is 0. The maximum atomic E-state index is 12.7. The smallest absolute Gasteiger partial charge is 0.237 e. The summed E-state index contributed by atoms with van der Waals surface area (Å²) in [6.45, 7) is 5.98. The van der Waals surface area contributed by atoms with Crippen molar-refractivity contribution in [3.8, 4) is 0 Å². The van der Waals surface area contributed by atoms with Gasteiger partial charge in [0.15, 0.2) is 5.82 Å². The largest absolute Gasteiger partial charge is 0.336 e. The maximum absolute atomic E-state index is 12.7. The van der Waals surface area contributed by atoms with E-state index < -0.39 is 0 Å². The standard InChI is InChI=1S/C20H29N5OS/c1-4-15-12-8-9-13(2)17(15)22-19(26)14(3)27-20-24-23-18(25(20)21)16-10-6-5-7-11-16/h8-9,12,14,16H,4-7,10-11,21H2,1-3H3,(H,22,26)/t14-/m0/s1. The molecule has 1 aromatic heterocycles. The van der Waals surface area contributed by atoms with Crippen LogP contribution in [0.25, 0.3) is 0 Å². The van der Waals surface area contributed by atoms with Gasteiger partial charge in [-0.25, -0.2) is 4.68 Å². The van der Waals surface area contributed by atoms with Gasteiger partial charge in [0.25, 0.3) is 0 Å². The van der Waals surface area contributed by atoms with Crippen LogP contribution in [-0.2, 0) is 11.2 Å². The van der Waals surface area contributed by atoms with Crippen molar-refractivity contribution in [2.24, 2.45) is 0 Å². The zero-order valence-corrected chi connectivity index (χ0v) is 17.2. The molecule has 3 N–H and O–H groups in total. The van der Waals surface area contributed by atoms with E-state index in [4.69, 9.17) is 5.84 Å². The lowest BCUT2D eigenvalue weighted by molar-refractivity contribution is -0.115. The zero-order valence-electron chi connectivity index (χ0n) is 16.4. The summed E-state index contributed by atoms with van der Waals surface area (Å²) in [5, 5.41) is 11.9. The van der Waals surface area contributed by atoms with Crippen molar-refractivity contribution in [2.45, 2.75) is 75.6 Å². The summed E-state index contributed by atoms with van der Waals surface area (Å²) in [5.74, 6) is 7.42. The second kappa shape index (κ2) is 8.78. The van der Waals surface area contributed by atoms with Gasteiger partial charge in [-0.3, -0.25) is 4.79 Å². The number of para-hydroxylation sites is 1. The minimum Gasteiger partial charge on any atom is -0.336 e. The van der Waals surface area contributed by atoms with E-state index in [1.54, 1.807) is 4.68 Å². The fourth-order valence-electron chi connectivity index (χ4n) is 3.65. The summed E-state index contributed by atoms with van der Waals surface area (Å²) >= 11 is 1.35. The van der Waals surface area contributed by atoms with E-state index in [1.807, 2.05) is 32.0 Å². The van der Waals surface area contributed by atoms with Crippen molar-refractivity contribution in [1.82, 2.24) is 14.9 Å². The van der Waals surface area contributed by atoms with Crippen LogP contribution < -0.4 is 11.2 Å². The highest BCUT2D eigenvalue weighted by atomic mass is 32.2. The first-order valence-electron chi connectivity index (χ1n) is 9.77. The van der Waals surface area contributed by atoms with Crippen molar-refractivity contribution < 1.29 is 4.79 Å². The number of hydrogen-bond donors (Lipinski definition) is 2. The summed E-state index contributed by atoms with van der Waals surface area (Å²) in [4.78, 5) is 12.7. The number of thioether (sulfide) groups is 1. The van der Waals surface area contributed by atoms with Crippen molar-refractivity contribution in [3.63, 3.8) is 0 Å². The molecule has 1 aliphatic carbocycles. The van der Waals surface area contributed by atoms with E-state index >= 15 is 0 Å². The highest BCUT2D eigenvalue weighted by Crippen LogP contribution is 2.33. The third-order valence-electron chi connectivity index (χ3n) is 5.30. The van der Waals surface area contributed by atoms with Crippen molar-refractivity contribution in [1.29, 1.82) is 0 Å². The molecule has 0 bridgehead atoms. The van der Waals surface area contributed by atoms with Crippen LogP contribution in [-0.4, -0.2) is 26.0 Å². The number of anilines is 1. The molecule has 1 heterocycles. The number of aryl methyl sites for hydroxylation is 2. The summed E-state index contributed by atoms with van der Waals surface area (Å²) < 4.78 is 1.58. The Morgan fingerprint density at radius 1 is 1.33 bits per heavy atom. The lowest BCUT2D eigenvalue weighted by Crippen LogP contribution is -2.25. The van der Waals surface area contributed by atoms with Crippen LogP contribution in [0.1, 0.15) is 68.8 Å². The molecule has 7 heteroatoms. The molecule has 0 aliphatic heterocycles. The number of nitrogen functional groups attached to an aromatic ring is 1. The van der Waals surface area contributed by atoms with Crippen molar-refractivity contribution in [2.75, 3.05) is 11.2 Å². The van der Waals surface area contributed by atoms with Gasteiger partial charge in [-0.1, -0.05) is 56.1 Å². The Kier molecular flexibility index (Phi) is 6.42. The molecular weight excluding hydrogens is 358 g/mol. The SMILES string of the molecule is CCc1cccc(C)c1NC(=O)[C@H](C)Sc1nnc(C2CCCCC2)n1N. The molecule has 2 aromatic rings. The Bertz CT molecular complexity index is 798. The highest BCUT2D eigenvalue weighted by Gasteiger charge is 2.25. The van der Waals surface area contributed by atoms with E-state index in [9.17, 15) is 4.79 Å². The van der Waals surface area contributed by atoms with E-state index in [0.29, 0.717) is 11.1 Å². The number of benzene rings is 1. The van der Waals surface area contributed by atoms with Gasteiger partial charge in [0.05, 0.1) is 5.25 Å². The number of aromatic nitrogens is 3. The Labute approximate surface area is 165 Å². The summed E-state index contributed by atoms with van der Waals surface area (Å²) in [6.07, 6.45) is 6.82. The van der Waals surface area contributed by atoms with Gasteiger partial charge in [-0.2, -0.15) is 0 Å². The predicted octanol–water partition coefficient (Wildman–Crippen LogP) is 4.03. The lowest BCUT2D eigenvalue weighted by Gasteiger charge is -2.20. The van der Waals surface area contributed by atoms with Gasteiger partial charge in [-0.05, 0) is 44.2 Å². The van der Waals surface area contributed by atoms with Crippen LogP contribution in [0.3, 0.4) is 0 Å². The first kappa shape index (κ1) is 19.7. The fraction of sp³-hybridized carbons (Fsp3) is 0.550. The number of amides is 1. The van der Waals surface area contributed by atoms with Crippen LogP contribution in [0.5, 0.6) is 0 Å². The highest BCUT2D eigenvalue weighted by molar-refractivity contribution is 8.00. The second-order valence-corrected chi connectivity index (χ2v) is 8.57. The average molecular weight is 388 g/mol. The van der Waals surface area contributed by atoms with Crippen LogP contribution in [0, 0.1) is 6.92 Å². The van der Waals surface area contributed by atoms with Crippen LogP contribution in [0.4, 0.5) is 5.69 Å². The third-order valence-corrected chi connectivity index (χ3v) is 6.36. The molecule has 1 atom stereocenters. The fourth-order valence-corrected chi connectivity index (χ4v) is 4.42. The number of nitrogens with one attached hydrogen (secondary N) is 1. The Hall–Kier alpha value is -2.02. The summed E-state index contributed by atoms with van der Waals surface area (Å²) in [5.41, 5.74) is 3.12. The Balaban J connectivity index is 1.68. The van der Waals surface area contributed by atoms with Crippen LogP contribution >= 0.6 is 11.8 Å². The molecule has 0 unspecified atom stereocenters. The minimum absolute atomic E-state index is 0.0498. The molecule has 6 nitrogen and oxygen atoms in total. The van der Waals surface area contributed by atoms with Crippen molar-refractivity contribution >= 4 is 23.4 Å². The molecule has 1 saturated carbocycles. The van der Waals surface area contributed by atoms with E-state index in [2.05, 4.69) is 22.4 Å². The monoisotopic (exact) mass is 387 g/mol. The van der Waals surface area contributed by atoms with Gasteiger partial charge in [0, 0.05) is 11.6 Å². The minimum atomic E-state index is -0.319. The molecule has 1 aromatic carbocycles. The normalized spacial score (nSPS) is 16.3. The van der Waals surface area contributed by atoms with Crippen molar-refractivity contribution in [3.05, 3.63) is 35.2 Å². The molecule has 1 fully saturated rings. The predicted molar refractivity (Wildman–Crippen MR) is 111 cm³/mol. The molecular formula is C20H29N5OS. The average Bonchev–Trinajstić information content (AvgIpc) is 3.04. The summed E-state index contributed by atoms with van der Waals surface area (Å²) in [6, 6.07) is 6.08. The quantitative estimate of drug-likeness (QED) is 0.577. The van der Waals surface area contributed by atoms with Gasteiger partial charge in [-0.15, -0.1) is 10.2 Å². The van der Waals surface area contributed by atoms with Gasteiger partial charge < -0.3 is 11.2 Å². The van der Waals surface area contributed by atoms with Gasteiger partial charge >= 0.3 is 0 Å². The third kappa shape index (κ3) is 4.46. The van der Waals surface area contributed by atoms with E-state index in [-0.39, 0.29) is 11.2 Å². The number of carbonyl (C=O) groups excluding carboxylic acids is 1. The molecule has 146 valence electrons. The Morgan fingerprint density at radius 2 is 2.07 bits per heavy atom. The molecule has 0 radical (unpaired) electrons. The number of rotatable bonds is 6. The maximum Gasteiger partial charge on any atom is 0.237 e. The number of nitrogens with zero attached hydrogens (tertiary/aromatic N) is 3. The molecule has 1 amide bonds. The first-order chi connectivity index (χ1) is 13.0. The molecule has 3 rings (SSSR count). The number of hydrogen-bond acceptors (Lipinski definition) is 5. The second-order valence-electron chi connectivity index (χ2n) is 7.26. The van der Waals surface area contributed by atoms with Gasteiger partial charge in [0.1, 0.15) is 0 Å². The molecule has 1 aliphatic rings. The number of nitrogens with two attached hydrogens (primary N) is 1. The van der Waals surface area contributed by atoms with Crippen LogP contribution in [0.2, 0.25) is 0 Å².